The van der Waals surface area contributed by atoms with E-state index >= 15 is 0 Å². The molecule has 21 heavy (non-hydrogen) atoms. The summed E-state index contributed by atoms with van der Waals surface area (Å²) in [6, 6.07) is 12.4. The molecule has 1 atom stereocenters. The Bertz CT molecular complexity index is 527. The zero-order valence-corrected chi connectivity index (χ0v) is 12.7. The van der Waals surface area contributed by atoms with Gasteiger partial charge in [0.25, 0.3) is 0 Å². The Balaban J connectivity index is 2.07. The standard InChI is InChI=1S/C17H23N3O/c1-3-21-16-8-6-15(7-9-16)17(11-18)20(2)13-14-5-4-10-19-12-14/h4-10,12,17H,3,11,13,18H2,1-2H3. The molecule has 0 fully saturated rings. The highest BCUT2D eigenvalue weighted by Gasteiger charge is 2.15. The summed E-state index contributed by atoms with van der Waals surface area (Å²) in [5.41, 5.74) is 8.35. The molecule has 1 heterocycles. The summed E-state index contributed by atoms with van der Waals surface area (Å²) < 4.78 is 5.48. The third-order valence-electron chi connectivity index (χ3n) is 3.49. The van der Waals surface area contributed by atoms with Gasteiger partial charge < -0.3 is 10.5 Å². The Morgan fingerprint density at radius 3 is 2.57 bits per heavy atom. The van der Waals surface area contributed by atoms with Crippen molar-refractivity contribution in [1.29, 1.82) is 0 Å². The topological polar surface area (TPSA) is 51.4 Å². The Kier molecular flexibility index (Phi) is 5.72. The molecule has 0 aliphatic carbocycles. The molecule has 0 amide bonds. The van der Waals surface area contributed by atoms with Crippen LogP contribution < -0.4 is 10.5 Å². The summed E-state index contributed by atoms with van der Waals surface area (Å²) in [5, 5.41) is 0. The van der Waals surface area contributed by atoms with Crippen LogP contribution in [-0.2, 0) is 6.54 Å². The zero-order valence-electron chi connectivity index (χ0n) is 12.7. The second-order valence-electron chi connectivity index (χ2n) is 5.03. The van der Waals surface area contributed by atoms with Crippen molar-refractivity contribution in [2.24, 2.45) is 5.73 Å². The monoisotopic (exact) mass is 285 g/mol. The maximum Gasteiger partial charge on any atom is 0.119 e. The molecular formula is C17H23N3O. The lowest BCUT2D eigenvalue weighted by Gasteiger charge is -2.27. The summed E-state index contributed by atoms with van der Waals surface area (Å²) in [6.07, 6.45) is 3.68. The number of nitrogens with zero attached hydrogens (tertiary/aromatic N) is 2. The summed E-state index contributed by atoms with van der Waals surface area (Å²) in [7, 11) is 2.08. The van der Waals surface area contributed by atoms with Crippen LogP contribution in [0.25, 0.3) is 0 Å². The Hall–Kier alpha value is -1.91. The maximum atomic E-state index is 5.97. The van der Waals surface area contributed by atoms with Gasteiger partial charge in [0.05, 0.1) is 6.61 Å². The zero-order chi connectivity index (χ0) is 15.1. The summed E-state index contributed by atoms with van der Waals surface area (Å²) in [4.78, 5) is 6.40. The smallest absolute Gasteiger partial charge is 0.119 e. The summed E-state index contributed by atoms with van der Waals surface area (Å²) in [6.45, 7) is 4.06. The molecule has 1 aromatic heterocycles. The largest absolute Gasteiger partial charge is 0.494 e. The fraction of sp³-hybridized carbons (Fsp3) is 0.353. The first-order valence-electron chi connectivity index (χ1n) is 7.26. The number of hydrogen-bond donors (Lipinski definition) is 1. The van der Waals surface area contributed by atoms with Crippen LogP contribution in [0.3, 0.4) is 0 Å². The number of benzene rings is 1. The van der Waals surface area contributed by atoms with Crippen LogP contribution in [0.4, 0.5) is 0 Å². The maximum absolute atomic E-state index is 5.97. The van der Waals surface area contributed by atoms with Gasteiger partial charge in [-0.25, -0.2) is 0 Å². The average Bonchev–Trinajstić information content (AvgIpc) is 2.51. The van der Waals surface area contributed by atoms with E-state index in [1.165, 1.54) is 11.1 Å². The molecule has 0 bridgehead atoms. The van der Waals surface area contributed by atoms with E-state index in [9.17, 15) is 0 Å². The highest BCUT2D eigenvalue weighted by atomic mass is 16.5. The number of nitrogens with two attached hydrogens (primary N) is 1. The second kappa shape index (κ2) is 7.76. The molecular weight excluding hydrogens is 262 g/mol. The molecule has 4 heteroatoms. The molecule has 0 spiro atoms. The van der Waals surface area contributed by atoms with Crippen molar-refractivity contribution >= 4 is 0 Å². The van der Waals surface area contributed by atoms with Crippen LogP contribution >= 0.6 is 0 Å². The Morgan fingerprint density at radius 2 is 2.00 bits per heavy atom. The van der Waals surface area contributed by atoms with Crippen molar-refractivity contribution in [3.8, 4) is 5.75 Å². The van der Waals surface area contributed by atoms with Gasteiger partial charge >= 0.3 is 0 Å². The third-order valence-corrected chi connectivity index (χ3v) is 3.49. The number of hydrogen-bond acceptors (Lipinski definition) is 4. The average molecular weight is 285 g/mol. The summed E-state index contributed by atoms with van der Waals surface area (Å²) >= 11 is 0. The van der Waals surface area contributed by atoms with E-state index in [1.54, 1.807) is 6.20 Å². The first kappa shape index (κ1) is 15.5. The van der Waals surface area contributed by atoms with Crippen molar-refractivity contribution in [2.45, 2.75) is 19.5 Å². The molecule has 2 rings (SSSR count). The van der Waals surface area contributed by atoms with Crippen LogP contribution in [0.1, 0.15) is 24.1 Å². The normalized spacial score (nSPS) is 12.4. The Labute approximate surface area is 126 Å². The second-order valence-corrected chi connectivity index (χ2v) is 5.03. The first-order chi connectivity index (χ1) is 10.2. The minimum atomic E-state index is 0.181. The van der Waals surface area contributed by atoms with Gasteiger partial charge in [-0.1, -0.05) is 18.2 Å². The molecule has 1 unspecified atom stereocenters. The van der Waals surface area contributed by atoms with Gasteiger partial charge in [-0.05, 0) is 43.3 Å². The minimum Gasteiger partial charge on any atom is -0.494 e. The van der Waals surface area contributed by atoms with Crippen molar-refractivity contribution < 1.29 is 4.74 Å². The number of rotatable bonds is 7. The lowest BCUT2D eigenvalue weighted by Crippen LogP contribution is -2.30. The van der Waals surface area contributed by atoms with Crippen molar-refractivity contribution in [3.63, 3.8) is 0 Å². The molecule has 0 aliphatic heterocycles. The van der Waals surface area contributed by atoms with Crippen LogP contribution in [-0.4, -0.2) is 30.1 Å². The molecule has 1 aromatic carbocycles. The molecule has 2 N–H and O–H groups in total. The quantitative estimate of drug-likeness (QED) is 0.849. The van der Waals surface area contributed by atoms with E-state index in [0.29, 0.717) is 13.2 Å². The predicted octanol–water partition coefficient (Wildman–Crippen LogP) is 2.61. The van der Waals surface area contributed by atoms with Gasteiger partial charge in [-0.3, -0.25) is 9.88 Å². The van der Waals surface area contributed by atoms with E-state index in [4.69, 9.17) is 10.5 Å². The molecule has 4 nitrogen and oxygen atoms in total. The Morgan fingerprint density at radius 1 is 1.24 bits per heavy atom. The van der Waals surface area contributed by atoms with E-state index < -0.39 is 0 Å². The van der Waals surface area contributed by atoms with Crippen molar-refractivity contribution in [1.82, 2.24) is 9.88 Å². The molecule has 0 saturated carbocycles. The number of ether oxygens (including phenoxy) is 1. The lowest BCUT2D eigenvalue weighted by atomic mass is 10.0. The van der Waals surface area contributed by atoms with Crippen LogP contribution in [0.15, 0.2) is 48.8 Å². The third kappa shape index (κ3) is 4.28. The molecule has 112 valence electrons. The van der Waals surface area contributed by atoms with E-state index in [0.717, 1.165) is 12.3 Å². The number of pyridine rings is 1. The fourth-order valence-corrected chi connectivity index (χ4v) is 2.41. The lowest BCUT2D eigenvalue weighted by molar-refractivity contribution is 0.241. The van der Waals surface area contributed by atoms with E-state index in [1.807, 2.05) is 31.3 Å². The number of likely N-dealkylation sites (N-methyl/N-ethyl adjacent to an activating group) is 1. The van der Waals surface area contributed by atoms with Crippen LogP contribution in [0.5, 0.6) is 5.75 Å². The van der Waals surface area contributed by atoms with Crippen molar-refractivity contribution in [3.05, 3.63) is 59.9 Å². The summed E-state index contributed by atoms with van der Waals surface area (Å²) in [5.74, 6) is 0.895. The molecule has 2 aromatic rings. The van der Waals surface area contributed by atoms with E-state index in [2.05, 4.69) is 35.1 Å². The van der Waals surface area contributed by atoms with Gasteiger partial charge in [0, 0.05) is 31.5 Å². The van der Waals surface area contributed by atoms with Gasteiger partial charge in [-0.2, -0.15) is 0 Å². The highest BCUT2D eigenvalue weighted by molar-refractivity contribution is 5.29. The van der Waals surface area contributed by atoms with Gasteiger partial charge in [0.15, 0.2) is 0 Å². The van der Waals surface area contributed by atoms with Gasteiger partial charge in [0.2, 0.25) is 0 Å². The fourth-order valence-electron chi connectivity index (χ4n) is 2.41. The predicted molar refractivity (Wildman–Crippen MR) is 85.1 cm³/mol. The molecule has 0 saturated heterocycles. The van der Waals surface area contributed by atoms with Gasteiger partial charge in [-0.15, -0.1) is 0 Å². The SMILES string of the molecule is CCOc1ccc(C(CN)N(C)Cc2cccnc2)cc1. The van der Waals surface area contributed by atoms with E-state index in [-0.39, 0.29) is 6.04 Å². The highest BCUT2D eigenvalue weighted by Crippen LogP contribution is 2.22. The molecule has 0 aliphatic rings. The number of aromatic nitrogens is 1. The van der Waals surface area contributed by atoms with Gasteiger partial charge in [0.1, 0.15) is 5.75 Å². The van der Waals surface area contributed by atoms with Crippen molar-refractivity contribution in [2.75, 3.05) is 20.2 Å². The molecule has 0 radical (unpaired) electrons. The minimum absolute atomic E-state index is 0.181. The van der Waals surface area contributed by atoms with Crippen LogP contribution in [0.2, 0.25) is 0 Å². The first-order valence-corrected chi connectivity index (χ1v) is 7.26. The van der Waals surface area contributed by atoms with Crippen LogP contribution in [0, 0.1) is 0 Å².